The summed E-state index contributed by atoms with van der Waals surface area (Å²) < 4.78 is 0. The summed E-state index contributed by atoms with van der Waals surface area (Å²) >= 11 is 0. The van der Waals surface area contributed by atoms with E-state index in [1.165, 1.54) is 6.42 Å². The lowest BCUT2D eigenvalue weighted by atomic mass is 9.86. The van der Waals surface area contributed by atoms with E-state index >= 15 is 0 Å². The van der Waals surface area contributed by atoms with E-state index in [2.05, 4.69) is 34.6 Å². The highest BCUT2D eigenvalue weighted by Gasteiger charge is 2.16. The third kappa shape index (κ3) is 4.31. The van der Waals surface area contributed by atoms with Gasteiger partial charge in [-0.05, 0) is 17.0 Å². The van der Waals surface area contributed by atoms with Crippen molar-refractivity contribution < 1.29 is 5.11 Å². The second-order valence-electron chi connectivity index (χ2n) is 4.47. The van der Waals surface area contributed by atoms with Crippen LogP contribution in [0, 0.1) is 0 Å². The number of para-hydroxylation sites is 1. The summed E-state index contributed by atoms with van der Waals surface area (Å²) in [6.07, 6.45) is 1.25. The van der Waals surface area contributed by atoms with Crippen LogP contribution >= 0.6 is 0 Å². The molecular formula is C13H22O. The van der Waals surface area contributed by atoms with Gasteiger partial charge in [0.05, 0.1) is 0 Å². The highest BCUT2D eigenvalue weighted by atomic mass is 16.3. The second-order valence-corrected chi connectivity index (χ2v) is 4.47. The predicted octanol–water partition coefficient (Wildman–Crippen LogP) is 4.11. The number of hydrogen-bond acceptors (Lipinski definition) is 1. The van der Waals surface area contributed by atoms with Crippen LogP contribution in [0.4, 0.5) is 0 Å². The SMILES string of the molecule is CC(C)(C)c1ccccc1O.CCC. The van der Waals surface area contributed by atoms with Crippen molar-refractivity contribution in [1.82, 2.24) is 0 Å². The van der Waals surface area contributed by atoms with Gasteiger partial charge in [-0.1, -0.05) is 59.2 Å². The quantitative estimate of drug-likeness (QED) is 0.659. The Morgan fingerprint density at radius 2 is 1.50 bits per heavy atom. The van der Waals surface area contributed by atoms with Crippen molar-refractivity contribution in [2.75, 3.05) is 0 Å². The van der Waals surface area contributed by atoms with Gasteiger partial charge >= 0.3 is 0 Å². The molecule has 1 N–H and O–H groups in total. The first-order valence-electron chi connectivity index (χ1n) is 5.22. The van der Waals surface area contributed by atoms with Crippen LogP contribution < -0.4 is 0 Å². The summed E-state index contributed by atoms with van der Waals surface area (Å²) in [6.45, 7) is 10.5. The molecule has 0 fully saturated rings. The number of hydrogen-bond donors (Lipinski definition) is 1. The number of phenols is 1. The zero-order valence-electron chi connectivity index (χ0n) is 9.96. The molecule has 0 atom stereocenters. The van der Waals surface area contributed by atoms with Gasteiger partial charge in [-0.25, -0.2) is 0 Å². The normalized spacial score (nSPS) is 10.4. The molecule has 0 saturated heterocycles. The van der Waals surface area contributed by atoms with Crippen molar-refractivity contribution in [3.05, 3.63) is 29.8 Å². The van der Waals surface area contributed by atoms with Gasteiger partial charge in [0.25, 0.3) is 0 Å². The number of benzene rings is 1. The molecule has 0 saturated carbocycles. The van der Waals surface area contributed by atoms with Crippen LogP contribution in [0.2, 0.25) is 0 Å². The Morgan fingerprint density at radius 1 is 1.07 bits per heavy atom. The minimum absolute atomic E-state index is 0.0331. The van der Waals surface area contributed by atoms with Gasteiger partial charge in [0, 0.05) is 0 Å². The third-order valence-corrected chi connectivity index (χ3v) is 1.71. The molecule has 0 unspecified atom stereocenters. The van der Waals surface area contributed by atoms with E-state index in [0.29, 0.717) is 5.75 Å². The topological polar surface area (TPSA) is 20.2 Å². The maximum atomic E-state index is 9.45. The molecule has 0 aliphatic heterocycles. The largest absolute Gasteiger partial charge is 0.508 e. The van der Waals surface area contributed by atoms with E-state index in [4.69, 9.17) is 0 Å². The molecule has 0 radical (unpaired) electrons. The van der Waals surface area contributed by atoms with Gasteiger partial charge in [-0.15, -0.1) is 0 Å². The van der Waals surface area contributed by atoms with Crippen molar-refractivity contribution in [2.45, 2.75) is 46.5 Å². The van der Waals surface area contributed by atoms with Gasteiger partial charge in [-0.3, -0.25) is 0 Å². The van der Waals surface area contributed by atoms with E-state index in [0.717, 1.165) is 5.56 Å². The van der Waals surface area contributed by atoms with E-state index in [-0.39, 0.29) is 5.41 Å². The third-order valence-electron chi connectivity index (χ3n) is 1.71. The summed E-state index contributed by atoms with van der Waals surface area (Å²) in [5.74, 6) is 0.389. The highest BCUT2D eigenvalue weighted by molar-refractivity contribution is 5.36. The van der Waals surface area contributed by atoms with Gasteiger partial charge in [0.2, 0.25) is 0 Å². The van der Waals surface area contributed by atoms with Gasteiger partial charge < -0.3 is 5.11 Å². The Labute approximate surface area is 87.8 Å². The molecule has 0 spiro atoms. The summed E-state index contributed by atoms with van der Waals surface area (Å²) in [6, 6.07) is 7.46. The molecule has 0 heterocycles. The fourth-order valence-corrected chi connectivity index (χ4v) is 1.11. The van der Waals surface area contributed by atoms with Crippen LogP contribution in [-0.2, 0) is 5.41 Å². The zero-order valence-corrected chi connectivity index (χ0v) is 9.96. The molecule has 1 rings (SSSR count). The average Bonchev–Trinajstić information content (AvgIpc) is 2.04. The van der Waals surface area contributed by atoms with E-state index < -0.39 is 0 Å². The Morgan fingerprint density at radius 3 is 1.79 bits per heavy atom. The van der Waals surface area contributed by atoms with Crippen molar-refractivity contribution in [2.24, 2.45) is 0 Å². The zero-order chi connectivity index (χ0) is 11.2. The molecule has 1 nitrogen and oxygen atoms in total. The van der Waals surface area contributed by atoms with E-state index in [9.17, 15) is 5.11 Å². The lowest BCUT2D eigenvalue weighted by Crippen LogP contribution is -2.10. The van der Waals surface area contributed by atoms with E-state index in [1.807, 2.05) is 18.2 Å². The molecule has 0 bridgehead atoms. The van der Waals surface area contributed by atoms with Crippen LogP contribution in [0.15, 0.2) is 24.3 Å². The molecule has 0 aliphatic rings. The smallest absolute Gasteiger partial charge is 0.119 e. The molecule has 1 aromatic rings. The second kappa shape index (κ2) is 5.69. The summed E-state index contributed by atoms with van der Waals surface area (Å²) in [5, 5.41) is 9.45. The Balaban J connectivity index is 0.000000500. The fourth-order valence-electron chi connectivity index (χ4n) is 1.11. The summed E-state index contributed by atoms with van der Waals surface area (Å²) in [4.78, 5) is 0. The summed E-state index contributed by atoms with van der Waals surface area (Å²) in [7, 11) is 0. The Bertz CT molecular complexity index is 258. The van der Waals surface area contributed by atoms with Crippen molar-refractivity contribution in [1.29, 1.82) is 0 Å². The lowest BCUT2D eigenvalue weighted by Gasteiger charge is -2.19. The average molecular weight is 194 g/mol. The molecule has 1 heteroatoms. The highest BCUT2D eigenvalue weighted by Crippen LogP contribution is 2.29. The monoisotopic (exact) mass is 194 g/mol. The molecule has 0 aliphatic carbocycles. The van der Waals surface area contributed by atoms with Gasteiger partial charge in [0.1, 0.15) is 5.75 Å². The first kappa shape index (κ1) is 13.0. The number of phenolic OH excluding ortho intramolecular Hbond substituents is 1. The van der Waals surface area contributed by atoms with Crippen LogP contribution in [0.5, 0.6) is 5.75 Å². The van der Waals surface area contributed by atoms with Crippen LogP contribution in [0.3, 0.4) is 0 Å². The molecular weight excluding hydrogens is 172 g/mol. The first-order chi connectivity index (χ1) is 6.43. The Hall–Kier alpha value is -0.980. The van der Waals surface area contributed by atoms with Gasteiger partial charge in [0.15, 0.2) is 0 Å². The van der Waals surface area contributed by atoms with Crippen LogP contribution in [0.25, 0.3) is 0 Å². The Kier molecular flexibility index (Phi) is 5.29. The molecule has 14 heavy (non-hydrogen) atoms. The van der Waals surface area contributed by atoms with Crippen molar-refractivity contribution in [3.63, 3.8) is 0 Å². The maximum absolute atomic E-state index is 9.45. The van der Waals surface area contributed by atoms with Gasteiger partial charge in [-0.2, -0.15) is 0 Å². The number of aromatic hydroxyl groups is 1. The predicted molar refractivity (Wildman–Crippen MR) is 62.8 cm³/mol. The minimum Gasteiger partial charge on any atom is -0.508 e. The summed E-state index contributed by atoms with van der Waals surface area (Å²) in [5.41, 5.74) is 1.03. The van der Waals surface area contributed by atoms with E-state index in [1.54, 1.807) is 6.07 Å². The van der Waals surface area contributed by atoms with Crippen molar-refractivity contribution >= 4 is 0 Å². The number of rotatable bonds is 0. The molecule has 0 aromatic heterocycles. The molecule has 1 aromatic carbocycles. The fraction of sp³-hybridized carbons (Fsp3) is 0.538. The van der Waals surface area contributed by atoms with Crippen LogP contribution in [-0.4, -0.2) is 5.11 Å². The maximum Gasteiger partial charge on any atom is 0.119 e. The van der Waals surface area contributed by atoms with Crippen LogP contribution in [0.1, 0.15) is 46.6 Å². The van der Waals surface area contributed by atoms with Crippen molar-refractivity contribution in [3.8, 4) is 5.75 Å². The molecule has 80 valence electrons. The lowest BCUT2D eigenvalue weighted by molar-refractivity contribution is 0.447. The minimum atomic E-state index is 0.0331. The standard InChI is InChI=1S/C10H14O.C3H8/c1-10(2,3)8-6-4-5-7-9(8)11;1-3-2/h4-7,11H,1-3H3;3H2,1-2H3. The molecule has 0 amide bonds. The first-order valence-corrected chi connectivity index (χ1v) is 5.22.